The normalized spacial score (nSPS) is 10.7. The molecule has 1 aromatic rings. The van der Waals surface area contributed by atoms with E-state index in [9.17, 15) is 4.79 Å². The summed E-state index contributed by atoms with van der Waals surface area (Å²) in [7, 11) is 0. The summed E-state index contributed by atoms with van der Waals surface area (Å²) in [6, 6.07) is 8.44. The Kier molecular flexibility index (Phi) is 7.65. The zero-order valence-electron chi connectivity index (χ0n) is 12.2. The Balaban J connectivity index is 2.18. The van der Waals surface area contributed by atoms with Crippen molar-refractivity contribution in [1.29, 1.82) is 0 Å². The van der Waals surface area contributed by atoms with E-state index in [1.54, 1.807) is 11.8 Å². The number of aryl methyl sites for hydroxylation is 1. The molecule has 1 rings (SSSR count). The van der Waals surface area contributed by atoms with Gasteiger partial charge in [0.05, 0.1) is 0 Å². The number of benzene rings is 1. The lowest BCUT2D eigenvalue weighted by atomic mass is 10.0. The van der Waals surface area contributed by atoms with Gasteiger partial charge in [0, 0.05) is 23.6 Å². The Morgan fingerprint density at radius 3 is 2.42 bits per heavy atom. The van der Waals surface area contributed by atoms with E-state index in [0.29, 0.717) is 12.3 Å². The van der Waals surface area contributed by atoms with Crippen molar-refractivity contribution in [2.45, 2.75) is 44.9 Å². The SMILES string of the molecule is CCC(CC)CNC(=O)CCSc1ccc(C)cc1. The highest BCUT2D eigenvalue weighted by Gasteiger charge is 2.06. The molecule has 0 atom stereocenters. The highest BCUT2D eigenvalue weighted by Crippen LogP contribution is 2.18. The zero-order chi connectivity index (χ0) is 14.1. The molecule has 106 valence electrons. The van der Waals surface area contributed by atoms with Gasteiger partial charge in [-0.05, 0) is 25.0 Å². The predicted octanol–water partition coefficient (Wildman–Crippen LogP) is 4.03. The summed E-state index contributed by atoms with van der Waals surface area (Å²) < 4.78 is 0. The number of hydrogen-bond donors (Lipinski definition) is 1. The van der Waals surface area contributed by atoms with Gasteiger partial charge in [-0.1, -0.05) is 44.4 Å². The van der Waals surface area contributed by atoms with Gasteiger partial charge in [-0.2, -0.15) is 0 Å². The van der Waals surface area contributed by atoms with Crippen LogP contribution in [0.3, 0.4) is 0 Å². The van der Waals surface area contributed by atoms with Gasteiger partial charge in [-0.25, -0.2) is 0 Å². The molecule has 2 nitrogen and oxygen atoms in total. The van der Waals surface area contributed by atoms with E-state index in [4.69, 9.17) is 0 Å². The molecule has 0 radical (unpaired) electrons. The molecular formula is C16H25NOS. The van der Waals surface area contributed by atoms with E-state index >= 15 is 0 Å². The summed E-state index contributed by atoms with van der Waals surface area (Å²) in [4.78, 5) is 12.9. The Morgan fingerprint density at radius 1 is 1.21 bits per heavy atom. The van der Waals surface area contributed by atoms with E-state index < -0.39 is 0 Å². The van der Waals surface area contributed by atoms with Crippen molar-refractivity contribution in [2.75, 3.05) is 12.3 Å². The third-order valence-electron chi connectivity index (χ3n) is 3.36. The summed E-state index contributed by atoms with van der Waals surface area (Å²) in [5.74, 6) is 1.64. The zero-order valence-corrected chi connectivity index (χ0v) is 13.1. The third-order valence-corrected chi connectivity index (χ3v) is 4.38. The van der Waals surface area contributed by atoms with Crippen molar-refractivity contribution in [3.05, 3.63) is 29.8 Å². The van der Waals surface area contributed by atoms with Crippen molar-refractivity contribution < 1.29 is 4.79 Å². The Morgan fingerprint density at radius 2 is 1.84 bits per heavy atom. The summed E-state index contributed by atoms with van der Waals surface area (Å²) in [6.07, 6.45) is 2.86. The van der Waals surface area contributed by atoms with Crippen molar-refractivity contribution in [3.8, 4) is 0 Å². The Bertz CT molecular complexity index is 371. The van der Waals surface area contributed by atoms with Gasteiger partial charge in [0.25, 0.3) is 0 Å². The number of amides is 1. The second kappa shape index (κ2) is 9.03. The van der Waals surface area contributed by atoms with E-state index in [-0.39, 0.29) is 5.91 Å². The third kappa shape index (κ3) is 6.67. The van der Waals surface area contributed by atoms with Gasteiger partial charge < -0.3 is 5.32 Å². The number of carbonyl (C=O) groups is 1. The van der Waals surface area contributed by atoms with Crippen LogP contribution in [0.4, 0.5) is 0 Å². The van der Waals surface area contributed by atoms with Crippen LogP contribution in [0.15, 0.2) is 29.2 Å². The summed E-state index contributed by atoms with van der Waals surface area (Å²) >= 11 is 1.74. The van der Waals surface area contributed by atoms with E-state index in [1.807, 2.05) is 0 Å². The fraction of sp³-hybridized carbons (Fsp3) is 0.562. The molecule has 0 saturated heterocycles. The first kappa shape index (κ1) is 16.1. The van der Waals surface area contributed by atoms with Crippen LogP contribution in [0.5, 0.6) is 0 Å². The fourth-order valence-corrected chi connectivity index (χ4v) is 2.67. The van der Waals surface area contributed by atoms with E-state index in [2.05, 4.69) is 50.4 Å². The molecule has 0 aliphatic rings. The van der Waals surface area contributed by atoms with Crippen LogP contribution in [0.1, 0.15) is 38.7 Å². The largest absolute Gasteiger partial charge is 0.356 e. The van der Waals surface area contributed by atoms with Crippen molar-refractivity contribution in [2.24, 2.45) is 5.92 Å². The number of hydrogen-bond acceptors (Lipinski definition) is 2. The van der Waals surface area contributed by atoms with Crippen molar-refractivity contribution >= 4 is 17.7 Å². The number of carbonyl (C=O) groups excluding carboxylic acids is 1. The lowest BCUT2D eigenvalue weighted by Gasteiger charge is -2.13. The summed E-state index contributed by atoms with van der Waals surface area (Å²) in [6.45, 7) is 7.25. The molecule has 0 heterocycles. The van der Waals surface area contributed by atoms with Crippen LogP contribution in [0.25, 0.3) is 0 Å². The topological polar surface area (TPSA) is 29.1 Å². The molecule has 0 saturated carbocycles. The molecule has 0 unspecified atom stereocenters. The quantitative estimate of drug-likeness (QED) is 0.728. The standard InChI is InChI=1S/C16H25NOS/c1-4-14(5-2)12-17-16(18)10-11-19-15-8-6-13(3)7-9-15/h6-9,14H,4-5,10-12H2,1-3H3,(H,17,18). The minimum Gasteiger partial charge on any atom is -0.356 e. The highest BCUT2D eigenvalue weighted by atomic mass is 32.2. The van der Waals surface area contributed by atoms with Gasteiger partial charge in [0.1, 0.15) is 0 Å². The molecule has 0 bridgehead atoms. The minimum atomic E-state index is 0.173. The van der Waals surface area contributed by atoms with Crippen LogP contribution in [-0.4, -0.2) is 18.2 Å². The number of nitrogens with one attached hydrogen (secondary N) is 1. The molecule has 0 aliphatic carbocycles. The maximum atomic E-state index is 11.7. The fourth-order valence-electron chi connectivity index (χ4n) is 1.82. The van der Waals surface area contributed by atoms with Crippen LogP contribution in [0, 0.1) is 12.8 Å². The molecular weight excluding hydrogens is 254 g/mol. The van der Waals surface area contributed by atoms with Crippen molar-refractivity contribution in [1.82, 2.24) is 5.32 Å². The first-order chi connectivity index (χ1) is 9.15. The average Bonchev–Trinajstić information content (AvgIpc) is 2.42. The van der Waals surface area contributed by atoms with E-state index in [1.165, 1.54) is 10.5 Å². The molecule has 3 heteroatoms. The lowest BCUT2D eigenvalue weighted by Crippen LogP contribution is -2.29. The first-order valence-corrected chi connectivity index (χ1v) is 8.10. The Labute approximate surface area is 121 Å². The van der Waals surface area contributed by atoms with Crippen LogP contribution in [-0.2, 0) is 4.79 Å². The predicted molar refractivity (Wildman–Crippen MR) is 83.6 cm³/mol. The first-order valence-electron chi connectivity index (χ1n) is 7.11. The molecule has 1 N–H and O–H groups in total. The maximum Gasteiger partial charge on any atom is 0.220 e. The minimum absolute atomic E-state index is 0.173. The highest BCUT2D eigenvalue weighted by molar-refractivity contribution is 7.99. The molecule has 0 fully saturated rings. The molecule has 1 amide bonds. The second-order valence-corrected chi connectivity index (χ2v) is 6.07. The smallest absolute Gasteiger partial charge is 0.220 e. The van der Waals surface area contributed by atoms with Gasteiger partial charge >= 0.3 is 0 Å². The molecule has 0 aromatic heterocycles. The molecule has 0 aliphatic heterocycles. The van der Waals surface area contributed by atoms with Gasteiger partial charge in [0.15, 0.2) is 0 Å². The summed E-state index contributed by atoms with van der Waals surface area (Å²) in [5, 5.41) is 3.03. The Hall–Kier alpha value is -0.960. The number of thioether (sulfide) groups is 1. The van der Waals surface area contributed by atoms with E-state index in [0.717, 1.165) is 25.1 Å². The maximum absolute atomic E-state index is 11.7. The van der Waals surface area contributed by atoms with Crippen molar-refractivity contribution in [3.63, 3.8) is 0 Å². The lowest BCUT2D eigenvalue weighted by molar-refractivity contribution is -0.120. The average molecular weight is 279 g/mol. The van der Waals surface area contributed by atoms with Gasteiger partial charge in [0.2, 0.25) is 5.91 Å². The monoisotopic (exact) mass is 279 g/mol. The van der Waals surface area contributed by atoms with Crippen LogP contribution < -0.4 is 5.32 Å². The molecule has 19 heavy (non-hydrogen) atoms. The number of rotatable bonds is 8. The van der Waals surface area contributed by atoms with Gasteiger partial charge in [-0.3, -0.25) is 4.79 Å². The van der Waals surface area contributed by atoms with Gasteiger partial charge in [-0.15, -0.1) is 11.8 Å². The molecule has 1 aromatic carbocycles. The van der Waals surface area contributed by atoms with Crippen LogP contribution in [0.2, 0.25) is 0 Å². The second-order valence-electron chi connectivity index (χ2n) is 4.90. The summed E-state index contributed by atoms with van der Waals surface area (Å²) in [5.41, 5.74) is 1.27. The molecule has 0 spiro atoms. The van der Waals surface area contributed by atoms with Crippen LogP contribution >= 0.6 is 11.8 Å².